The lowest BCUT2D eigenvalue weighted by molar-refractivity contribution is 0.0893. The molecule has 1 heterocycles. The number of carbonyl (C=O) groups is 1. The van der Waals surface area contributed by atoms with Gasteiger partial charge in [0, 0.05) is 6.07 Å². The van der Waals surface area contributed by atoms with Gasteiger partial charge in [-0.15, -0.1) is 0 Å². The van der Waals surface area contributed by atoms with Crippen molar-refractivity contribution in [1.82, 2.24) is 10.5 Å². The van der Waals surface area contributed by atoms with Crippen molar-refractivity contribution >= 4 is 5.91 Å². The molecule has 5 nitrogen and oxygen atoms in total. The van der Waals surface area contributed by atoms with Crippen molar-refractivity contribution in [2.45, 2.75) is 44.6 Å². The monoisotopic (exact) mass is 233 g/mol. The molecule has 0 radical (unpaired) electrons. The van der Waals surface area contributed by atoms with Gasteiger partial charge in [0.05, 0.1) is 6.07 Å². The third kappa shape index (κ3) is 2.47. The maximum Gasteiger partial charge on any atom is 0.274 e. The van der Waals surface area contributed by atoms with Crippen LogP contribution in [0, 0.1) is 18.3 Å². The standard InChI is InChI=1S/C12H15N3O2/c1-9-7-10(15-17-9)11(16)14-12(8-13)5-3-2-4-6-12/h7H,2-6H2,1H3,(H,14,16). The van der Waals surface area contributed by atoms with Crippen molar-refractivity contribution in [3.8, 4) is 6.07 Å². The van der Waals surface area contributed by atoms with Crippen LogP contribution in [0.4, 0.5) is 0 Å². The molecule has 0 saturated heterocycles. The van der Waals surface area contributed by atoms with Crippen LogP contribution in [0.3, 0.4) is 0 Å². The van der Waals surface area contributed by atoms with Gasteiger partial charge in [-0.1, -0.05) is 24.4 Å². The topological polar surface area (TPSA) is 78.9 Å². The van der Waals surface area contributed by atoms with Crippen LogP contribution < -0.4 is 5.32 Å². The summed E-state index contributed by atoms with van der Waals surface area (Å²) in [6.07, 6.45) is 4.51. The van der Waals surface area contributed by atoms with Crippen LogP contribution in [-0.2, 0) is 0 Å². The average molecular weight is 233 g/mol. The second kappa shape index (κ2) is 4.58. The predicted octanol–water partition coefficient (Wildman–Crippen LogP) is 1.94. The van der Waals surface area contributed by atoms with Crippen LogP contribution in [0.5, 0.6) is 0 Å². The molecule has 1 saturated carbocycles. The highest BCUT2D eigenvalue weighted by Gasteiger charge is 2.34. The quantitative estimate of drug-likeness (QED) is 0.846. The Balaban J connectivity index is 2.09. The van der Waals surface area contributed by atoms with Crippen molar-refractivity contribution in [2.75, 3.05) is 0 Å². The zero-order chi connectivity index (χ0) is 12.3. The highest BCUT2D eigenvalue weighted by Crippen LogP contribution is 2.27. The van der Waals surface area contributed by atoms with Gasteiger partial charge in [-0.05, 0) is 19.8 Å². The number of rotatable bonds is 2. The van der Waals surface area contributed by atoms with E-state index in [1.54, 1.807) is 13.0 Å². The molecule has 0 bridgehead atoms. The largest absolute Gasteiger partial charge is 0.361 e. The van der Waals surface area contributed by atoms with E-state index in [1.807, 2.05) is 0 Å². The minimum absolute atomic E-state index is 0.239. The fraction of sp³-hybridized carbons (Fsp3) is 0.583. The molecule has 17 heavy (non-hydrogen) atoms. The van der Waals surface area contributed by atoms with E-state index >= 15 is 0 Å². The van der Waals surface area contributed by atoms with Gasteiger partial charge in [-0.25, -0.2) is 0 Å². The van der Waals surface area contributed by atoms with E-state index < -0.39 is 5.54 Å². The summed E-state index contributed by atoms with van der Waals surface area (Å²) in [5.41, 5.74) is -0.481. The number of aromatic nitrogens is 1. The second-order valence-electron chi connectivity index (χ2n) is 4.53. The molecule has 0 aliphatic heterocycles. The van der Waals surface area contributed by atoms with Crippen LogP contribution in [0.15, 0.2) is 10.6 Å². The smallest absolute Gasteiger partial charge is 0.274 e. The lowest BCUT2D eigenvalue weighted by Gasteiger charge is -2.31. The summed E-state index contributed by atoms with van der Waals surface area (Å²) in [4.78, 5) is 11.9. The summed E-state index contributed by atoms with van der Waals surface area (Å²) in [5.74, 6) is 0.259. The molecule has 1 aromatic heterocycles. The first kappa shape index (κ1) is 11.6. The first-order valence-electron chi connectivity index (χ1n) is 5.82. The Bertz CT molecular complexity index is 453. The first-order valence-corrected chi connectivity index (χ1v) is 5.82. The van der Waals surface area contributed by atoms with Crippen molar-refractivity contribution in [1.29, 1.82) is 5.26 Å². The van der Waals surface area contributed by atoms with Gasteiger partial charge in [0.15, 0.2) is 5.69 Å². The number of nitrogens with one attached hydrogen (secondary N) is 1. The minimum atomic E-state index is -0.720. The van der Waals surface area contributed by atoms with Gasteiger partial charge >= 0.3 is 0 Å². The highest BCUT2D eigenvalue weighted by molar-refractivity contribution is 5.93. The third-order valence-electron chi connectivity index (χ3n) is 3.13. The van der Waals surface area contributed by atoms with E-state index in [2.05, 4.69) is 16.5 Å². The summed E-state index contributed by atoms with van der Waals surface area (Å²) in [7, 11) is 0. The molecule has 0 atom stereocenters. The Morgan fingerprint density at radius 1 is 1.53 bits per heavy atom. The molecule has 1 amide bonds. The van der Waals surface area contributed by atoms with Crippen LogP contribution in [0.2, 0.25) is 0 Å². The van der Waals surface area contributed by atoms with Crippen molar-refractivity contribution < 1.29 is 9.32 Å². The SMILES string of the molecule is Cc1cc(C(=O)NC2(C#N)CCCCC2)no1. The molecule has 1 N–H and O–H groups in total. The van der Waals surface area contributed by atoms with Crippen molar-refractivity contribution in [3.05, 3.63) is 17.5 Å². The van der Waals surface area contributed by atoms with Crippen molar-refractivity contribution in [2.24, 2.45) is 0 Å². The number of nitriles is 1. The Morgan fingerprint density at radius 2 is 2.24 bits per heavy atom. The normalized spacial score (nSPS) is 18.4. The molecular weight excluding hydrogens is 218 g/mol. The van der Waals surface area contributed by atoms with Gasteiger partial charge in [-0.3, -0.25) is 4.79 Å². The van der Waals surface area contributed by atoms with E-state index in [0.29, 0.717) is 18.6 Å². The molecule has 0 unspecified atom stereocenters. The summed E-state index contributed by atoms with van der Waals surface area (Å²) in [5, 5.41) is 15.7. The maximum absolute atomic E-state index is 11.9. The van der Waals surface area contributed by atoms with Crippen LogP contribution >= 0.6 is 0 Å². The molecule has 0 spiro atoms. The molecule has 1 aliphatic rings. The second-order valence-corrected chi connectivity index (χ2v) is 4.53. The molecule has 1 aromatic rings. The molecule has 1 aliphatic carbocycles. The van der Waals surface area contributed by atoms with Gasteiger partial charge in [0.1, 0.15) is 11.3 Å². The fourth-order valence-electron chi connectivity index (χ4n) is 2.17. The highest BCUT2D eigenvalue weighted by atomic mass is 16.5. The van der Waals surface area contributed by atoms with E-state index in [0.717, 1.165) is 19.3 Å². The number of hydrogen-bond acceptors (Lipinski definition) is 4. The molecule has 90 valence electrons. The van der Waals surface area contributed by atoms with Crippen LogP contribution in [0.1, 0.15) is 48.4 Å². The fourth-order valence-corrected chi connectivity index (χ4v) is 2.17. The minimum Gasteiger partial charge on any atom is -0.361 e. The Morgan fingerprint density at radius 3 is 2.76 bits per heavy atom. The zero-order valence-corrected chi connectivity index (χ0v) is 9.82. The van der Waals surface area contributed by atoms with Gasteiger partial charge < -0.3 is 9.84 Å². The number of carbonyl (C=O) groups excluding carboxylic acids is 1. The van der Waals surface area contributed by atoms with Crippen molar-refractivity contribution in [3.63, 3.8) is 0 Å². The Hall–Kier alpha value is -1.83. The molecular formula is C12H15N3O2. The van der Waals surface area contributed by atoms with Gasteiger partial charge in [0.2, 0.25) is 0 Å². The number of aryl methyl sites for hydroxylation is 1. The first-order chi connectivity index (χ1) is 8.15. The number of hydrogen-bond donors (Lipinski definition) is 1. The lowest BCUT2D eigenvalue weighted by atomic mass is 9.83. The van der Waals surface area contributed by atoms with Crippen LogP contribution in [-0.4, -0.2) is 16.6 Å². The zero-order valence-electron chi connectivity index (χ0n) is 9.82. The summed E-state index contributed by atoms with van der Waals surface area (Å²) < 4.78 is 4.85. The maximum atomic E-state index is 11.9. The third-order valence-corrected chi connectivity index (χ3v) is 3.13. The van der Waals surface area contributed by atoms with Crippen LogP contribution in [0.25, 0.3) is 0 Å². The Labute approximate surface area is 99.8 Å². The van der Waals surface area contributed by atoms with Gasteiger partial charge in [0.25, 0.3) is 5.91 Å². The van der Waals surface area contributed by atoms with Gasteiger partial charge in [-0.2, -0.15) is 5.26 Å². The Kier molecular flexibility index (Phi) is 3.14. The average Bonchev–Trinajstić information content (AvgIpc) is 2.77. The predicted molar refractivity (Wildman–Crippen MR) is 60.1 cm³/mol. The van der Waals surface area contributed by atoms with E-state index in [1.165, 1.54) is 0 Å². The van der Waals surface area contributed by atoms with E-state index in [9.17, 15) is 10.1 Å². The number of amides is 1. The molecule has 1 fully saturated rings. The molecule has 0 aromatic carbocycles. The van der Waals surface area contributed by atoms with E-state index in [4.69, 9.17) is 4.52 Å². The summed E-state index contributed by atoms with van der Waals surface area (Å²) in [6.45, 7) is 1.73. The van der Waals surface area contributed by atoms with E-state index in [-0.39, 0.29) is 11.6 Å². The number of nitrogens with zero attached hydrogens (tertiary/aromatic N) is 2. The summed E-state index contributed by atoms with van der Waals surface area (Å²) in [6, 6.07) is 3.81. The lowest BCUT2D eigenvalue weighted by Crippen LogP contribution is -2.48. The summed E-state index contributed by atoms with van der Waals surface area (Å²) >= 11 is 0. The molecule has 2 rings (SSSR count). The molecule has 5 heteroatoms.